The number of halogens is 3. The molecular weight excluding hydrogens is 369 g/mol. The number of hydrogen-bond acceptors (Lipinski definition) is 4. The van der Waals surface area contributed by atoms with Gasteiger partial charge in [0.15, 0.2) is 10.8 Å². The number of amides is 3. The molecular formula is C16H15F3N4O2S. The molecule has 2 aromatic rings. The van der Waals surface area contributed by atoms with Crippen molar-refractivity contribution in [1.82, 2.24) is 15.2 Å². The largest absolute Gasteiger partial charge is 0.434 e. The highest BCUT2D eigenvalue weighted by molar-refractivity contribution is 7.13. The molecule has 6 nitrogen and oxygen atoms in total. The van der Waals surface area contributed by atoms with Crippen LogP contribution in [0.4, 0.5) is 23.1 Å². The van der Waals surface area contributed by atoms with Crippen LogP contribution in [0.3, 0.4) is 0 Å². The first kappa shape index (κ1) is 18.2. The number of hydrogen-bond donors (Lipinski definition) is 2. The summed E-state index contributed by atoms with van der Waals surface area (Å²) in [6, 6.07) is 7.90. The first-order valence-electron chi connectivity index (χ1n) is 7.76. The number of aromatic nitrogens is 1. The molecule has 0 bridgehead atoms. The number of carbonyl (C=O) groups excluding carboxylic acids is 2. The van der Waals surface area contributed by atoms with Gasteiger partial charge in [0.25, 0.3) is 0 Å². The summed E-state index contributed by atoms with van der Waals surface area (Å²) in [5, 5.41) is 5.80. The number of nitrogens with one attached hydrogen (secondary N) is 2. The number of thiazole rings is 1. The summed E-state index contributed by atoms with van der Waals surface area (Å²) in [6.45, 7) is 0.496. The van der Waals surface area contributed by atoms with Crippen LogP contribution in [-0.4, -0.2) is 34.9 Å². The van der Waals surface area contributed by atoms with Crippen LogP contribution in [0.1, 0.15) is 23.7 Å². The zero-order valence-electron chi connectivity index (χ0n) is 13.4. The number of rotatable bonds is 2. The summed E-state index contributed by atoms with van der Waals surface area (Å²) in [5.41, 5.74) is -0.278. The lowest BCUT2D eigenvalue weighted by Gasteiger charge is -2.29. The van der Waals surface area contributed by atoms with E-state index < -0.39 is 23.9 Å². The molecule has 26 heavy (non-hydrogen) atoms. The number of nitrogens with zero attached hydrogens (tertiary/aromatic N) is 2. The van der Waals surface area contributed by atoms with Gasteiger partial charge in [-0.3, -0.25) is 10.1 Å². The average molecular weight is 384 g/mol. The average Bonchev–Trinajstić information content (AvgIpc) is 2.98. The van der Waals surface area contributed by atoms with Crippen LogP contribution in [0.5, 0.6) is 0 Å². The van der Waals surface area contributed by atoms with Crippen molar-refractivity contribution in [3.05, 3.63) is 47.0 Å². The molecule has 1 aromatic carbocycles. The van der Waals surface area contributed by atoms with E-state index in [2.05, 4.69) is 15.6 Å². The molecule has 0 radical (unpaired) electrons. The highest BCUT2D eigenvalue weighted by Crippen LogP contribution is 2.32. The Kier molecular flexibility index (Phi) is 5.12. The summed E-state index contributed by atoms with van der Waals surface area (Å²) < 4.78 is 37.9. The van der Waals surface area contributed by atoms with Crippen LogP contribution in [-0.2, 0) is 11.0 Å². The highest BCUT2D eigenvalue weighted by Gasteiger charge is 2.35. The third-order valence-electron chi connectivity index (χ3n) is 3.88. The lowest BCUT2D eigenvalue weighted by molar-refractivity contribution is -0.140. The van der Waals surface area contributed by atoms with E-state index in [1.807, 2.05) is 6.07 Å². The second-order valence-corrected chi connectivity index (χ2v) is 6.50. The van der Waals surface area contributed by atoms with Crippen LogP contribution in [0.25, 0.3) is 0 Å². The third kappa shape index (κ3) is 4.13. The van der Waals surface area contributed by atoms with Crippen LogP contribution in [0.15, 0.2) is 35.7 Å². The zero-order chi connectivity index (χ0) is 18.7. The van der Waals surface area contributed by atoms with Gasteiger partial charge in [0.05, 0.1) is 12.5 Å². The van der Waals surface area contributed by atoms with E-state index in [4.69, 9.17) is 0 Å². The Balaban J connectivity index is 1.81. The first-order valence-corrected chi connectivity index (χ1v) is 8.64. The topological polar surface area (TPSA) is 74.3 Å². The van der Waals surface area contributed by atoms with Crippen LogP contribution in [0.2, 0.25) is 0 Å². The maximum atomic E-state index is 12.6. The van der Waals surface area contributed by atoms with Gasteiger partial charge in [-0.25, -0.2) is 9.78 Å². The van der Waals surface area contributed by atoms with E-state index in [1.165, 1.54) is 4.90 Å². The molecule has 1 fully saturated rings. The molecule has 10 heteroatoms. The zero-order valence-corrected chi connectivity index (χ0v) is 14.2. The minimum absolute atomic E-state index is 0.0725. The lowest BCUT2D eigenvalue weighted by Crippen LogP contribution is -2.39. The van der Waals surface area contributed by atoms with Gasteiger partial charge in [-0.15, -0.1) is 11.3 Å². The van der Waals surface area contributed by atoms with Gasteiger partial charge in [-0.1, -0.05) is 30.3 Å². The molecule has 3 amide bonds. The van der Waals surface area contributed by atoms with E-state index >= 15 is 0 Å². The Morgan fingerprint density at radius 2 is 2.04 bits per heavy atom. The fourth-order valence-electron chi connectivity index (χ4n) is 2.67. The second-order valence-electron chi connectivity index (χ2n) is 5.64. The molecule has 1 aromatic heterocycles. The molecule has 1 unspecified atom stereocenters. The van der Waals surface area contributed by atoms with E-state index in [0.717, 1.165) is 10.9 Å². The minimum atomic E-state index is -4.56. The summed E-state index contributed by atoms with van der Waals surface area (Å²) in [6.07, 6.45) is -4.49. The van der Waals surface area contributed by atoms with Gasteiger partial charge in [-0.2, -0.15) is 13.2 Å². The number of benzene rings is 1. The van der Waals surface area contributed by atoms with Crippen molar-refractivity contribution in [2.24, 2.45) is 0 Å². The molecule has 1 aliphatic rings. The maximum absolute atomic E-state index is 12.6. The van der Waals surface area contributed by atoms with Gasteiger partial charge in [0, 0.05) is 18.5 Å². The fourth-order valence-corrected chi connectivity index (χ4v) is 3.38. The quantitative estimate of drug-likeness (QED) is 0.835. The van der Waals surface area contributed by atoms with Crippen molar-refractivity contribution < 1.29 is 22.8 Å². The molecule has 1 atom stereocenters. The summed E-state index contributed by atoms with van der Waals surface area (Å²) in [5.74, 6) is -0.192. The molecule has 3 rings (SSSR count). The second kappa shape index (κ2) is 7.32. The third-order valence-corrected chi connectivity index (χ3v) is 4.64. The fraction of sp³-hybridized carbons (Fsp3) is 0.312. The maximum Gasteiger partial charge on any atom is 0.434 e. The van der Waals surface area contributed by atoms with Gasteiger partial charge in [0.2, 0.25) is 5.91 Å². The van der Waals surface area contributed by atoms with E-state index in [-0.39, 0.29) is 30.5 Å². The van der Waals surface area contributed by atoms with Crippen molar-refractivity contribution in [2.45, 2.75) is 18.6 Å². The SMILES string of the molecule is O=C1CC(c2ccccc2)N(C(=O)Nc2nc(C(F)(F)F)cs2)CCN1. The predicted octanol–water partition coefficient (Wildman–Crippen LogP) is 3.26. The monoisotopic (exact) mass is 384 g/mol. The van der Waals surface area contributed by atoms with Crippen molar-refractivity contribution in [3.8, 4) is 0 Å². The summed E-state index contributed by atoms with van der Waals surface area (Å²) in [7, 11) is 0. The molecule has 1 saturated heterocycles. The molecule has 2 N–H and O–H groups in total. The number of carbonyl (C=O) groups is 2. The van der Waals surface area contributed by atoms with Crippen molar-refractivity contribution >= 4 is 28.4 Å². The number of urea groups is 1. The Bertz CT molecular complexity index is 794. The van der Waals surface area contributed by atoms with E-state index in [0.29, 0.717) is 11.3 Å². The summed E-state index contributed by atoms with van der Waals surface area (Å²) >= 11 is 0.699. The van der Waals surface area contributed by atoms with Crippen molar-refractivity contribution in [3.63, 3.8) is 0 Å². The van der Waals surface area contributed by atoms with Crippen molar-refractivity contribution in [2.75, 3.05) is 18.4 Å². The number of anilines is 1. The number of alkyl halides is 3. The molecule has 0 spiro atoms. The first-order chi connectivity index (χ1) is 12.3. The Labute approximate surface area is 151 Å². The van der Waals surface area contributed by atoms with Gasteiger partial charge >= 0.3 is 12.2 Å². The predicted molar refractivity (Wildman–Crippen MR) is 89.7 cm³/mol. The van der Waals surface area contributed by atoms with Gasteiger partial charge in [0.1, 0.15) is 0 Å². The van der Waals surface area contributed by atoms with Crippen LogP contribution < -0.4 is 10.6 Å². The minimum Gasteiger partial charge on any atom is -0.354 e. The van der Waals surface area contributed by atoms with Gasteiger partial charge < -0.3 is 10.2 Å². The molecule has 1 aliphatic heterocycles. The highest BCUT2D eigenvalue weighted by atomic mass is 32.1. The smallest absolute Gasteiger partial charge is 0.354 e. The van der Waals surface area contributed by atoms with E-state index in [9.17, 15) is 22.8 Å². The molecule has 0 saturated carbocycles. The Morgan fingerprint density at radius 1 is 1.31 bits per heavy atom. The van der Waals surface area contributed by atoms with Crippen LogP contribution in [0, 0.1) is 0 Å². The normalized spacial score (nSPS) is 18.2. The summed E-state index contributed by atoms with van der Waals surface area (Å²) in [4.78, 5) is 29.4. The molecule has 138 valence electrons. The van der Waals surface area contributed by atoms with Crippen LogP contribution >= 0.6 is 11.3 Å². The Hall–Kier alpha value is -2.62. The molecule has 2 heterocycles. The lowest BCUT2D eigenvalue weighted by atomic mass is 10.0. The van der Waals surface area contributed by atoms with Crippen molar-refractivity contribution in [1.29, 1.82) is 0 Å². The van der Waals surface area contributed by atoms with Gasteiger partial charge in [-0.05, 0) is 5.56 Å². The Morgan fingerprint density at radius 3 is 2.69 bits per heavy atom. The van der Waals surface area contributed by atoms with E-state index in [1.54, 1.807) is 24.3 Å². The molecule has 0 aliphatic carbocycles. The standard InChI is InChI=1S/C16H15F3N4O2S/c17-16(18,19)12-9-26-14(21-12)22-15(25)23-7-6-20-13(24)8-11(23)10-4-2-1-3-5-10/h1-5,9,11H,6-8H2,(H,20,24)(H,21,22,25).